The number of ether oxygens (including phenoxy) is 2. The molecule has 0 aliphatic carbocycles. The van der Waals surface area contributed by atoms with Crippen molar-refractivity contribution in [2.45, 2.75) is 19.5 Å². The molecule has 2 aromatic rings. The topological polar surface area (TPSA) is 66.7 Å². The second-order valence-corrected chi connectivity index (χ2v) is 7.17. The van der Waals surface area contributed by atoms with E-state index in [4.69, 9.17) is 9.47 Å². The summed E-state index contributed by atoms with van der Waals surface area (Å²) in [5, 5.41) is 3.33. The number of pyridine rings is 1. The second kappa shape index (κ2) is 11.1. The van der Waals surface area contributed by atoms with Crippen molar-refractivity contribution in [3.8, 4) is 5.75 Å². The second-order valence-electron chi connectivity index (χ2n) is 7.17. The number of hydrogen-bond acceptors (Lipinski definition) is 5. The van der Waals surface area contributed by atoms with E-state index in [1.807, 2.05) is 90.6 Å². The molecule has 7 nitrogen and oxygen atoms in total. The number of aromatic nitrogens is 1. The fourth-order valence-electron chi connectivity index (χ4n) is 3.36. The van der Waals surface area contributed by atoms with Gasteiger partial charge in [0.05, 0.1) is 37.6 Å². The highest BCUT2D eigenvalue weighted by atomic mass is 16.5. The number of amides is 1. The summed E-state index contributed by atoms with van der Waals surface area (Å²) in [7, 11) is 3.59. The summed E-state index contributed by atoms with van der Waals surface area (Å²) in [6, 6.07) is 13.1. The molecule has 31 heavy (non-hydrogen) atoms. The molecule has 1 aromatic carbocycles. The van der Waals surface area contributed by atoms with Crippen LogP contribution in [0.3, 0.4) is 0 Å². The van der Waals surface area contributed by atoms with E-state index in [2.05, 4.69) is 10.3 Å². The minimum atomic E-state index is -0.255. The molecule has 0 radical (unpaired) electrons. The van der Waals surface area contributed by atoms with Crippen LogP contribution in [0.5, 0.6) is 5.75 Å². The Morgan fingerprint density at radius 1 is 1.35 bits per heavy atom. The van der Waals surface area contributed by atoms with Crippen molar-refractivity contribution in [1.82, 2.24) is 9.88 Å². The lowest BCUT2D eigenvalue weighted by Gasteiger charge is -2.35. The van der Waals surface area contributed by atoms with Gasteiger partial charge in [-0.3, -0.25) is 9.78 Å². The van der Waals surface area contributed by atoms with Gasteiger partial charge >= 0.3 is 0 Å². The molecule has 162 valence electrons. The average molecular weight is 422 g/mol. The van der Waals surface area contributed by atoms with Gasteiger partial charge < -0.3 is 19.7 Å². The number of methoxy groups -OCH3 is 1. The quantitative estimate of drug-likeness (QED) is 0.524. The van der Waals surface area contributed by atoms with E-state index in [1.165, 1.54) is 0 Å². The zero-order valence-corrected chi connectivity index (χ0v) is 18.2. The van der Waals surface area contributed by atoms with Crippen LogP contribution in [0.25, 0.3) is 0 Å². The first-order valence-electron chi connectivity index (χ1n) is 10.2. The Hall–Kier alpha value is -3.45. The summed E-state index contributed by atoms with van der Waals surface area (Å²) in [5.41, 5.74) is 2.63. The standard InChI is InChI=1S/C24H28N4O3/c1-4-12-27(2)15-19(14-26-20-9-7-10-22(13-20)30-3)23-17-31-18-24(29)28(23)16-21-8-5-6-11-25-21/h4-15,23H,16-18H2,1-3H3/p+1/b12-4-. The Bertz CT molecular complexity index is 970. The zero-order chi connectivity index (χ0) is 22.1. The lowest BCUT2D eigenvalue weighted by molar-refractivity contribution is -0.416. The third-order valence-electron chi connectivity index (χ3n) is 4.85. The van der Waals surface area contributed by atoms with Crippen LogP contribution in [0.15, 0.2) is 72.7 Å². The van der Waals surface area contributed by atoms with E-state index in [9.17, 15) is 4.79 Å². The first kappa shape index (κ1) is 22.2. The molecule has 0 bridgehead atoms. The Morgan fingerprint density at radius 2 is 2.23 bits per heavy atom. The zero-order valence-electron chi connectivity index (χ0n) is 18.2. The maximum Gasteiger partial charge on any atom is 0.249 e. The van der Waals surface area contributed by atoms with Gasteiger partial charge in [0.15, 0.2) is 12.4 Å². The largest absolute Gasteiger partial charge is 0.497 e. The molecule has 1 aromatic heterocycles. The highest BCUT2D eigenvalue weighted by molar-refractivity contribution is 5.83. The predicted molar refractivity (Wildman–Crippen MR) is 121 cm³/mol. The first-order chi connectivity index (χ1) is 15.1. The van der Waals surface area contributed by atoms with Crippen LogP contribution in [-0.2, 0) is 16.1 Å². The summed E-state index contributed by atoms with van der Waals surface area (Å²) < 4.78 is 12.9. The lowest BCUT2D eigenvalue weighted by Crippen LogP contribution is -2.50. The number of rotatable bonds is 8. The van der Waals surface area contributed by atoms with Gasteiger partial charge in [0, 0.05) is 24.2 Å². The van der Waals surface area contributed by atoms with Crippen LogP contribution in [0.2, 0.25) is 0 Å². The third-order valence-corrected chi connectivity index (χ3v) is 4.85. The Balaban J connectivity index is 1.93. The fourth-order valence-corrected chi connectivity index (χ4v) is 3.36. The van der Waals surface area contributed by atoms with Gasteiger partial charge in [0.1, 0.15) is 19.4 Å². The highest BCUT2D eigenvalue weighted by Gasteiger charge is 2.32. The van der Waals surface area contributed by atoms with E-state index in [0.29, 0.717) is 13.2 Å². The lowest BCUT2D eigenvalue weighted by atomic mass is 10.1. The minimum Gasteiger partial charge on any atom is -0.497 e. The van der Waals surface area contributed by atoms with E-state index in [-0.39, 0.29) is 18.6 Å². The number of benzene rings is 1. The molecule has 1 N–H and O–H groups in total. The van der Waals surface area contributed by atoms with Crippen LogP contribution in [0.4, 0.5) is 5.69 Å². The van der Waals surface area contributed by atoms with Crippen molar-refractivity contribution in [3.63, 3.8) is 0 Å². The molecule has 1 aliphatic heterocycles. The average Bonchev–Trinajstić information content (AvgIpc) is 2.79. The summed E-state index contributed by atoms with van der Waals surface area (Å²) >= 11 is 0. The van der Waals surface area contributed by atoms with Crippen molar-refractivity contribution >= 4 is 17.8 Å². The number of hydrogen-bond donors (Lipinski definition) is 1. The smallest absolute Gasteiger partial charge is 0.249 e. The van der Waals surface area contributed by atoms with Gasteiger partial charge in [-0.05, 0) is 37.3 Å². The molecule has 1 unspecified atom stereocenters. The first-order valence-corrected chi connectivity index (χ1v) is 10.2. The Kier molecular flexibility index (Phi) is 7.95. The van der Waals surface area contributed by atoms with Gasteiger partial charge in [-0.1, -0.05) is 12.1 Å². The Labute approximate surface area is 183 Å². The summed E-state index contributed by atoms with van der Waals surface area (Å²) in [5.74, 6) is 0.708. The van der Waals surface area contributed by atoms with Crippen molar-refractivity contribution < 1.29 is 18.8 Å². The van der Waals surface area contributed by atoms with Crippen LogP contribution >= 0.6 is 0 Å². The number of anilines is 1. The molecular formula is C24H29N4O3+. The van der Waals surface area contributed by atoms with Gasteiger partial charge in [0.2, 0.25) is 5.91 Å². The van der Waals surface area contributed by atoms with Gasteiger partial charge in [0.25, 0.3) is 0 Å². The molecule has 1 saturated heterocycles. The Morgan fingerprint density at radius 3 is 2.97 bits per heavy atom. The summed E-state index contributed by atoms with van der Waals surface area (Å²) in [6.45, 7) is 2.86. The number of nitrogens with one attached hydrogen (secondary N) is 1. The molecule has 1 aliphatic rings. The van der Waals surface area contributed by atoms with Crippen LogP contribution in [0.1, 0.15) is 12.6 Å². The summed E-state index contributed by atoms with van der Waals surface area (Å²) in [6.07, 6.45) is 9.55. The number of nitrogens with zero attached hydrogens (tertiary/aromatic N) is 3. The van der Waals surface area contributed by atoms with E-state index >= 15 is 0 Å². The molecule has 2 heterocycles. The molecule has 0 saturated carbocycles. The third kappa shape index (κ3) is 6.26. The molecule has 7 heteroatoms. The van der Waals surface area contributed by atoms with E-state index < -0.39 is 0 Å². The van der Waals surface area contributed by atoms with Crippen molar-refractivity contribution in [2.24, 2.45) is 0 Å². The number of carbonyl (C=O) groups is 1. The number of carbonyl (C=O) groups excluding carboxylic acids is 1. The maximum absolute atomic E-state index is 12.8. The SMILES string of the molecule is C\C=C/[N+](C)=C\C(=C\Nc1cccc(OC)c1)C1COCC(=O)N1Cc1ccccn1. The number of allylic oxidation sites excluding steroid dienone is 1. The van der Waals surface area contributed by atoms with Gasteiger partial charge in [-0.25, -0.2) is 4.58 Å². The van der Waals surface area contributed by atoms with E-state index in [1.54, 1.807) is 13.3 Å². The monoisotopic (exact) mass is 421 g/mol. The predicted octanol–water partition coefficient (Wildman–Crippen LogP) is 3.06. The molecule has 0 spiro atoms. The highest BCUT2D eigenvalue weighted by Crippen LogP contribution is 2.20. The maximum atomic E-state index is 12.8. The molecule has 1 fully saturated rings. The summed E-state index contributed by atoms with van der Waals surface area (Å²) in [4.78, 5) is 19.0. The van der Waals surface area contributed by atoms with Crippen LogP contribution in [0, 0.1) is 0 Å². The van der Waals surface area contributed by atoms with Crippen molar-refractivity contribution in [1.29, 1.82) is 0 Å². The molecule has 3 rings (SSSR count). The van der Waals surface area contributed by atoms with Gasteiger partial charge in [-0.2, -0.15) is 0 Å². The van der Waals surface area contributed by atoms with Crippen molar-refractivity contribution in [2.75, 3.05) is 32.7 Å². The molecular weight excluding hydrogens is 392 g/mol. The number of morpholine rings is 1. The fraction of sp³-hybridized carbons (Fsp3) is 0.292. The minimum absolute atomic E-state index is 0.0590. The normalized spacial score (nSPS) is 17.8. The van der Waals surface area contributed by atoms with E-state index in [0.717, 1.165) is 22.7 Å². The molecule has 1 atom stereocenters. The molecule has 1 amide bonds. The van der Waals surface area contributed by atoms with Gasteiger partial charge in [-0.15, -0.1) is 0 Å². The van der Waals surface area contributed by atoms with Crippen molar-refractivity contribution in [3.05, 3.63) is 78.4 Å². The van der Waals surface area contributed by atoms with Crippen LogP contribution < -0.4 is 10.1 Å². The van der Waals surface area contributed by atoms with Crippen LogP contribution in [-0.4, -0.2) is 60.0 Å².